The predicted octanol–water partition coefficient (Wildman–Crippen LogP) is 7.00. The van der Waals surface area contributed by atoms with Crippen LogP contribution >= 0.6 is 0 Å². The Morgan fingerprint density at radius 3 is 1.62 bits per heavy atom. The van der Waals surface area contributed by atoms with E-state index in [9.17, 15) is 49.1 Å². The number of hydrogen-bond donors (Lipinski definition) is 8. The van der Waals surface area contributed by atoms with Crippen molar-refractivity contribution < 1.29 is 49.1 Å². The van der Waals surface area contributed by atoms with Crippen LogP contribution in [0.4, 0.5) is 56.9 Å². The summed E-state index contributed by atoms with van der Waals surface area (Å²) in [4.78, 5) is -2.69. The number of azo groups is 3. The second kappa shape index (κ2) is 20.3. The van der Waals surface area contributed by atoms with Crippen LogP contribution in [-0.4, -0.2) is 138 Å². The number of benzene rings is 6. The maximum absolute atomic E-state index is 12.5. The zero-order valence-electron chi connectivity index (χ0n) is 31.6. The van der Waals surface area contributed by atoms with E-state index < -0.39 is 78.6 Å². The molecule has 6 rings (SSSR count). The van der Waals surface area contributed by atoms with Gasteiger partial charge in [0, 0.05) is 106 Å². The van der Waals surface area contributed by atoms with E-state index in [0.29, 0.717) is 23.1 Å². The number of nitrogens with zero attached hydrogens (tertiary/aromatic N) is 6. The zero-order valence-corrected chi connectivity index (χ0v) is 40.0. The molecule has 0 saturated heterocycles. The summed E-state index contributed by atoms with van der Waals surface area (Å²) >= 11 is 0. The van der Waals surface area contributed by atoms with E-state index in [1.54, 1.807) is 18.2 Å². The summed E-state index contributed by atoms with van der Waals surface area (Å²) in [6.07, 6.45) is 0. The molecule has 3 radical (unpaired) electrons. The summed E-state index contributed by atoms with van der Waals surface area (Å²) in [6, 6.07) is 23.0. The maximum Gasteiger partial charge on any atom is 0.296 e. The molecule has 0 saturated carbocycles. The molecule has 26 heteroatoms. The van der Waals surface area contributed by atoms with Crippen LogP contribution in [0.25, 0.3) is 10.8 Å². The van der Waals surface area contributed by atoms with Crippen LogP contribution < -0.4 is 16.8 Å². The molecule has 10 N–H and O–H groups in total. The zero-order chi connectivity index (χ0) is 41.3. The van der Waals surface area contributed by atoms with Crippen LogP contribution in [0.2, 0.25) is 0 Å². The van der Waals surface area contributed by atoms with Gasteiger partial charge in [0.15, 0.2) is 5.75 Å². The molecular weight excluding hydrogens is 876 g/mol. The molecule has 0 heterocycles. The largest absolute Gasteiger partial charge is 0.506 e. The van der Waals surface area contributed by atoms with Gasteiger partial charge < -0.3 is 27.0 Å². The Morgan fingerprint density at radius 2 is 1.03 bits per heavy atom. The summed E-state index contributed by atoms with van der Waals surface area (Å²) in [5.41, 5.74) is 10.7. The fourth-order valence-corrected chi connectivity index (χ4v) is 7.20. The average molecular weight is 903 g/mol. The van der Waals surface area contributed by atoms with E-state index in [2.05, 4.69) is 36.0 Å². The topological polar surface area (TPSA) is 342 Å². The smallest absolute Gasteiger partial charge is 0.296 e. The fraction of sp³-hybridized carbons (Fsp3) is 0. The van der Waals surface area contributed by atoms with Crippen molar-refractivity contribution in [2.24, 2.45) is 30.7 Å². The quantitative estimate of drug-likeness (QED) is 0.0281. The Hall–Kier alpha value is -3.89. The Kier molecular flexibility index (Phi) is 17.1. The van der Waals surface area contributed by atoms with Gasteiger partial charge in [-0.2, -0.15) is 40.6 Å². The third kappa shape index (κ3) is 11.9. The molecule has 0 atom stereocenters. The molecule has 0 amide bonds. The van der Waals surface area contributed by atoms with E-state index in [4.69, 9.17) is 11.5 Å². The molecule has 0 aliphatic heterocycles. The third-order valence-electron chi connectivity index (χ3n) is 7.82. The van der Waals surface area contributed by atoms with Crippen molar-refractivity contribution in [1.82, 2.24) is 0 Å². The van der Waals surface area contributed by atoms with Crippen LogP contribution in [0.5, 0.6) is 11.5 Å². The number of nitrogen functional groups attached to an aromatic ring is 2. The minimum absolute atomic E-state index is 0. The number of aromatic hydroxyl groups is 2. The number of hydrogen-bond acceptors (Lipinski definition) is 17. The second-order valence-corrected chi connectivity index (χ2v) is 15.9. The Bertz CT molecular complexity index is 3020. The number of phenolic OH excluding ortho intramolecular Hbond substituents is 2. The van der Waals surface area contributed by atoms with Gasteiger partial charge >= 0.3 is 0 Å². The minimum atomic E-state index is -5.21. The van der Waals surface area contributed by atoms with E-state index in [0.717, 1.165) is 12.1 Å². The van der Waals surface area contributed by atoms with Gasteiger partial charge in [-0.1, -0.05) is 18.2 Å². The van der Waals surface area contributed by atoms with Crippen LogP contribution in [-0.2, 0) is 30.4 Å². The molecule has 0 unspecified atom stereocenters. The molecule has 0 bridgehead atoms. The van der Waals surface area contributed by atoms with Crippen molar-refractivity contribution >= 4 is 187 Å². The number of rotatable bonds is 11. The monoisotopic (exact) mass is 902 g/mol. The summed E-state index contributed by atoms with van der Waals surface area (Å²) in [6.45, 7) is 0. The average Bonchev–Trinajstić information content (AvgIpc) is 3.13. The van der Waals surface area contributed by atoms with E-state index in [-0.39, 0.29) is 117 Å². The van der Waals surface area contributed by atoms with Gasteiger partial charge in [0.1, 0.15) is 37.5 Å². The SMILES string of the molecule is Nc1ccc(N=Nc2ccc(Nc3ccc(N=Nc4c(S(=O)(=O)O)cc5cc(S(=O)(=O)O)c(N=Nc6ccccc6)c(O)c5c4N)cc3S(=O)(=O)O)cc2)c(O)c1.[Na].[Na].[Na]. The molecule has 6 aromatic rings. The van der Waals surface area contributed by atoms with Crippen molar-refractivity contribution in [3.8, 4) is 11.5 Å². The molecule has 20 nitrogen and oxygen atoms in total. The molecular formula is C34H27N9Na3O11S3. The molecule has 60 heavy (non-hydrogen) atoms. The van der Waals surface area contributed by atoms with Crippen LogP contribution in [0.1, 0.15) is 0 Å². The van der Waals surface area contributed by atoms with Crippen molar-refractivity contribution in [2.75, 3.05) is 16.8 Å². The number of nitrogens with one attached hydrogen (secondary N) is 1. The first-order valence-corrected chi connectivity index (χ1v) is 20.1. The van der Waals surface area contributed by atoms with Gasteiger partial charge in [-0.05, 0) is 84.2 Å². The Balaban J connectivity index is 0.00000320. The van der Waals surface area contributed by atoms with E-state index in [1.165, 1.54) is 66.7 Å². The molecule has 0 aromatic heterocycles. The van der Waals surface area contributed by atoms with Crippen LogP contribution in [0.3, 0.4) is 0 Å². The normalized spacial score (nSPS) is 12.0. The molecule has 6 aromatic carbocycles. The Labute approximate surface area is 408 Å². The molecule has 0 fully saturated rings. The number of anilines is 4. The van der Waals surface area contributed by atoms with Crippen molar-refractivity contribution in [3.05, 3.63) is 103 Å². The van der Waals surface area contributed by atoms with E-state index in [1.807, 2.05) is 0 Å². The maximum atomic E-state index is 12.5. The van der Waals surface area contributed by atoms with Gasteiger partial charge in [-0.15, -0.1) is 15.3 Å². The molecule has 295 valence electrons. The molecule has 0 aliphatic rings. The number of fused-ring (bicyclic) bond motifs is 1. The summed E-state index contributed by atoms with van der Waals surface area (Å²) in [7, 11) is -15.3. The summed E-state index contributed by atoms with van der Waals surface area (Å²) < 4.78 is 105. The molecule has 0 spiro atoms. The van der Waals surface area contributed by atoms with Crippen molar-refractivity contribution in [2.45, 2.75) is 14.7 Å². The number of phenols is 2. The Morgan fingerprint density at radius 1 is 0.517 bits per heavy atom. The molecule has 0 aliphatic carbocycles. The van der Waals surface area contributed by atoms with Gasteiger partial charge in [0.2, 0.25) is 0 Å². The third-order valence-corrected chi connectivity index (χ3v) is 10.4. The standard InChI is InChI=1S/C34H27N9O11S3.3Na/c35-19-6-12-24(26(44)16-19)41-38-22-9-7-20(8-10-22)37-25-13-11-23(17-27(25)55(46,47)48)40-42-32-28(56(49,50)51)14-18-15-29(57(52,53)54)33(34(45)30(18)31(32)36)43-39-21-4-2-1-3-5-21;;;/h1-17,37,44-45H,35-36H2,(H,46,47,48)(H,49,50,51)(H,52,53,54);;;. The van der Waals surface area contributed by atoms with Gasteiger partial charge in [-0.3, -0.25) is 13.7 Å². The van der Waals surface area contributed by atoms with Crippen LogP contribution in [0.15, 0.2) is 149 Å². The number of nitrogens with two attached hydrogens (primary N) is 2. The van der Waals surface area contributed by atoms with Crippen molar-refractivity contribution in [1.29, 1.82) is 0 Å². The van der Waals surface area contributed by atoms with Crippen molar-refractivity contribution in [3.63, 3.8) is 0 Å². The predicted molar refractivity (Wildman–Crippen MR) is 224 cm³/mol. The summed E-state index contributed by atoms with van der Waals surface area (Å²) in [5.74, 6) is -1.15. The first kappa shape index (κ1) is 50.5. The first-order chi connectivity index (χ1) is 26.8. The van der Waals surface area contributed by atoms with Gasteiger partial charge in [0.25, 0.3) is 30.4 Å². The van der Waals surface area contributed by atoms with Gasteiger partial charge in [-0.25, -0.2) is 0 Å². The van der Waals surface area contributed by atoms with E-state index >= 15 is 0 Å². The second-order valence-electron chi connectivity index (χ2n) is 11.8. The summed E-state index contributed by atoms with van der Waals surface area (Å²) in [5, 5.41) is 46.5. The fourth-order valence-electron chi connectivity index (χ4n) is 5.21. The van der Waals surface area contributed by atoms with Gasteiger partial charge in [0.05, 0.1) is 33.8 Å². The minimum Gasteiger partial charge on any atom is -0.506 e. The van der Waals surface area contributed by atoms with Crippen LogP contribution in [0, 0.1) is 0 Å². The first-order valence-electron chi connectivity index (χ1n) is 15.7.